The minimum Gasteiger partial charge on any atom is -0.383 e. The topological polar surface area (TPSA) is 21.3 Å². The summed E-state index contributed by atoms with van der Waals surface area (Å²) in [6.07, 6.45) is 0. The lowest BCUT2D eigenvalue weighted by Crippen LogP contribution is -2.08. The van der Waals surface area contributed by atoms with Crippen molar-refractivity contribution in [2.24, 2.45) is 0 Å². The van der Waals surface area contributed by atoms with Crippen molar-refractivity contribution in [1.82, 2.24) is 0 Å². The average molecular weight is 323 g/mol. The summed E-state index contributed by atoms with van der Waals surface area (Å²) in [5.74, 6) is 0. The molecular weight excluding hydrogens is 310 g/mol. The quantitative estimate of drug-likeness (QED) is 0.855. The predicted molar refractivity (Wildman–Crippen MR) is 66.9 cm³/mol. The van der Waals surface area contributed by atoms with E-state index in [0.717, 1.165) is 21.2 Å². The van der Waals surface area contributed by atoms with Crippen LogP contribution in [-0.4, -0.2) is 20.3 Å². The van der Waals surface area contributed by atoms with Crippen molar-refractivity contribution in [3.8, 4) is 0 Å². The van der Waals surface area contributed by atoms with E-state index in [0.29, 0.717) is 6.61 Å². The fraction of sp³-hybridized carbons (Fsp3) is 0.400. The average Bonchev–Trinajstić information content (AvgIpc) is 2.09. The number of ether oxygens (including phenoxy) is 1. The summed E-state index contributed by atoms with van der Waals surface area (Å²) in [6.45, 7) is 3.57. The van der Waals surface area contributed by atoms with Gasteiger partial charge in [0.15, 0.2) is 0 Å². The molecule has 78 valence electrons. The van der Waals surface area contributed by atoms with Gasteiger partial charge < -0.3 is 10.1 Å². The summed E-state index contributed by atoms with van der Waals surface area (Å²) >= 11 is 7.03. The molecule has 0 aliphatic carbocycles. The van der Waals surface area contributed by atoms with Gasteiger partial charge >= 0.3 is 0 Å². The minimum atomic E-state index is 0.701. The van der Waals surface area contributed by atoms with Crippen LogP contribution in [0.15, 0.2) is 21.1 Å². The number of anilines is 1. The third kappa shape index (κ3) is 3.26. The van der Waals surface area contributed by atoms with Gasteiger partial charge in [-0.25, -0.2) is 0 Å². The van der Waals surface area contributed by atoms with Crippen LogP contribution in [0.2, 0.25) is 0 Å². The zero-order valence-corrected chi connectivity index (χ0v) is 11.4. The van der Waals surface area contributed by atoms with E-state index in [4.69, 9.17) is 4.74 Å². The monoisotopic (exact) mass is 321 g/mol. The summed E-state index contributed by atoms with van der Waals surface area (Å²) in [6, 6.07) is 4.17. The molecule has 0 saturated heterocycles. The molecule has 0 heterocycles. The Morgan fingerprint density at radius 3 is 2.36 bits per heavy atom. The Morgan fingerprint density at radius 1 is 1.29 bits per heavy atom. The van der Waals surface area contributed by atoms with Gasteiger partial charge in [-0.3, -0.25) is 0 Å². The maximum atomic E-state index is 4.97. The number of nitrogens with one attached hydrogen (secondary N) is 1. The Balaban J connectivity index is 2.75. The van der Waals surface area contributed by atoms with Crippen molar-refractivity contribution in [1.29, 1.82) is 0 Å². The highest BCUT2D eigenvalue weighted by molar-refractivity contribution is 9.11. The SMILES string of the molecule is COCCNc1c(Br)cc(C)cc1Br. The van der Waals surface area contributed by atoms with E-state index >= 15 is 0 Å². The molecule has 0 radical (unpaired) electrons. The van der Waals surface area contributed by atoms with Crippen LogP contribution >= 0.6 is 31.9 Å². The molecule has 1 rings (SSSR count). The first-order chi connectivity index (χ1) is 6.65. The first-order valence-corrected chi connectivity index (χ1v) is 5.92. The number of rotatable bonds is 4. The summed E-state index contributed by atoms with van der Waals surface area (Å²) in [4.78, 5) is 0. The van der Waals surface area contributed by atoms with E-state index < -0.39 is 0 Å². The maximum Gasteiger partial charge on any atom is 0.0635 e. The molecule has 0 aliphatic rings. The molecule has 0 atom stereocenters. The minimum absolute atomic E-state index is 0.701. The molecule has 1 N–H and O–H groups in total. The normalized spacial score (nSPS) is 10.3. The number of aryl methyl sites for hydroxylation is 1. The molecule has 0 unspecified atom stereocenters. The van der Waals surface area contributed by atoms with Gasteiger partial charge in [-0.05, 0) is 56.5 Å². The van der Waals surface area contributed by atoms with E-state index in [9.17, 15) is 0 Å². The lowest BCUT2D eigenvalue weighted by atomic mass is 10.2. The van der Waals surface area contributed by atoms with E-state index in [1.807, 2.05) is 0 Å². The molecule has 0 aromatic heterocycles. The van der Waals surface area contributed by atoms with E-state index in [1.165, 1.54) is 5.56 Å². The Bertz CT molecular complexity index is 292. The molecule has 0 amide bonds. The van der Waals surface area contributed by atoms with Gasteiger partial charge in [-0.2, -0.15) is 0 Å². The Morgan fingerprint density at radius 2 is 1.86 bits per heavy atom. The predicted octanol–water partition coefficient (Wildman–Crippen LogP) is 3.58. The van der Waals surface area contributed by atoms with Crippen molar-refractivity contribution >= 4 is 37.5 Å². The standard InChI is InChI=1S/C10H13Br2NO/c1-7-5-8(11)10(9(12)6-7)13-3-4-14-2/h5-6,13H,3-4H2,1-2H3. The lowest BCUT2D eigenvalue weighted by molar-refractivity contribution is 0.210. The highest BCUT2D eigenvalue weighted by Gasteiger charge is 2.04. The Kier molecular flexibility index (Phi) is 4.92. The second kappa shape index (κ2) is 5.73. The van der Waals surface area contributed by atoms with Crippen LogP contribution < -0.4 is 5.32 Å². The summed E-state index contributed by atoms with van der Waals surface area (Å²) < 4.78 is 7.11. The van der Waals surface area contributed by atoms with Crippen LogP contribution in [0.3, 0.4) is 0 Å². The molecule has 0 bridgehead atoms. The van der Waals surface area contributed by atoms with Crippen LogP contribution in [0.1, 0.15) is 5.56 Å². The zero-order valence-electron chi connectivity index (χ0n) is 8.23. The smallest absolute Gasteiger partial charge is 0.0635 e. The molecule has 4 heteroatoms. The van der Waals surface area contributed by atoms with Crippen LogP contribution in [0.25, 0.3) is 0 Å². The first kappa shape index (κ1) is 12.0. The van der Waals surface area contributed by atoms with Crippen molar-refractivity contribution in [2.45, 2.75) is 6.92 Å². The molecule has 2 nitrogen and oxygen atoms in total. The third-order valence-corrected chi connectivity index (χ3v) is 3.05. The maximum absolute atomic E-state index is 4.97. The van der Waals surface area contributed by atoms with E-state index in [-0.39, 0.29) is 0 Å². The Hall–Kier alpha value is -0.0600. The fourth-order valence-corrected chi connectivity index (χ4v) is 2.84. The van der Waals surface area contributed by atoms with Crippen molar-refractivity contribution in [3.05, 3.63) is 26.6 Å². The molecule has 14 heavy (non-hydrogen) atoms. The van der Waals surface area contributed by atoms with Crippen molar-refractivity contribution < 1.29 is 4.74 Å². The molecule has 0 spiro atoms. The molecule has 0 fully saturated rings. The van der Waals surface area contributed by atoms with Gasteiger partial charge in [0.1, 0.15) is 0 Å². The van der Waals surface area contributed by atoms with Crippen molar-refractivity contribution in [2.75, 3.05) is 25.6 Å². The third-order valence-electron chi connectivity index (χ3n) is 1.79. The van der Waals surface area contributed by atoms with Gasteiger partial charge in [0.25, 0.3) is 0 Å². The van der Waals surface area contributed by atoms with E-state index in [2.05, 4.69) is 56.2 Å². The molecule has 1 aromatic rings. The number of hydrogen-bond donors (Lipinski definition) is 1. The second-order valence-electron chi connectivity index (χ2n) is 3.02. The van der Waals surface area contributed by atoms with Crippen LogP contribution in [0.5, 0.6) is 0 Å². The summed E-state index contributed by atoms with van der Waals surface area (Å²) in [7, 11) is 1.70. The highest BCUT2D eigenvalue weighted by Crippen LogP contribution is 2.31. The Labute approximate surface area is 101 Å². The molecule has 0 saturated carbocycles. The van der Waals surface area contributed by atoms with Gasteiger partial charge in [0, 0.05) is 22.6 Å². The number of halogens is 2. The molecular formula is C10H13Br2NO. The number of methoxy groups -OCH3 is 1. The van der Waals surface area contributed by atoms with Gasteiger partial charge in [0.05, 0.1) is 12.3 Å². The number of hydrogen-bond acceptors (Lipinski definition) is 2. The molecule has 0 aliphatic heterocycles. The van der Waals surface area contributed by atoms with Crippen LogP contribution in [0, 0.1) is 6.92 Å². The zero-order chi connectivity index (χ0) is 10.6. The molecule has 1 aromatic carbocycles. The number of benzene rings is 1. The summed E-state index contributed by atoms with van der Waals surface area (Å²) in [5.41, 5.74) is 2.30. The fourth-order valence-electron chi connectivity index (χ4n) is 1.15. The lowest BCUT2D eigenvalue weighted by Gasteiger charge is -2.11. The van der Waals surface area contributed by atoms with Crippen LogP contribution in [-0.2, 0) is 4.74 Å². The van der Waals surface area contributed by atoms with E-state index in [1.54, 1.807) is 7.11 Å². The highest BCUT2D eigenvalue weighted by atomic mass is 79.9. The van der Waals surface area contributed by atoms with Gasteiger partial charge in [-0.1, -0.05) is 0 Å². The van der Waals surface area contributed by atoms with Crippen LogP contribution in [0.4, 0.5) is 5.69 Å². The van der Waals surface area contributed by atoms with Crippen molar-refractivity contribution in [3.63, 3.8) is 0 Å². The van der Waals surface area contributed by atoms with Gasteiger partial charge in [-0.15, -0.1) is 0 Å². The largest absolute Gasteiger partial charge is 0.383 e. The summed E-state index contributed by atoms with van der Waals surface area (Å²) in [5, 5.41) is 3.29. The second-order valence-corrected chi connectivity index (χ2v) is 4.73. The van der Waals surface area contributed by atoms with Gasteiger partial charge in [0.2, 0.25) is 0 Å². The first-order valence-electron chi connectivity index (χ1n) is 4.33.